The molecule has 1 N–H and O–H groups in total. The Morgan fingerprint density at radius 3 is 2.59 bits per heavy atom. The summed E-state index contributed by atoms with van der Waals surface area (Å²) in [6.07, 6.45) is 16.0. The highest BCUT2D eigenvalue weighted by Gasteiger charge is 2.64. The van der Waals surface area contributed by atoms with Crippen molar-refractivity contribution < 1.29 is 18.7 Å². The first-order valence-electron chi connectivity index (χ1n) is 16.0. The van der Waals surface area contributed by atoms with Crippen molar-refractivity contribution in [1.82, 2.24) is 0 Å². The van der Waals surface area contributed by atoms with Gasteiger partial charge in [-0.05, 0) is 103 Å². The van der Waals surface area contributed by atoms with Crippen LogP contribution >= 0.6 is 0 Å². The summed E-state index contributed by atoms with van der Waals surface area (Å²) in [5.74, 6) is 0.473. The molecule has 39 heavy (non-hydrogen) atoms. The van der Waals surface area contributed by atoms with E-state index in [1.807, 2.05) is 0 Å². The van der Waals surface area contributed by atoms with Gasteiger partial charge in [0, 0.05) is 11.8 Å². The Balaban J connectivity index is 1.49. The second-order valence-electron chi connectivity index (χ2n) is 15.2. The number of allylic oxidation sites excluding steroid dienone is 5. The second kappa shape index (κ2) is 10.5. The third-order valence-electron chi connectivity index (χ3n) is 12.5. The van der Waals surface area contributed by atoms with Gasteiger partial charge in [-0.15, -0.1) is 0 Å². The summed E-state index contributed by atoms with van der Waals surface area (Å²) >= 11 is 0. The highest BCUT2D eigenvalue weighted by molar-refractivity contribution is 5.93. The molecule has 0 heterocycles. The molecule has 5 rings (SSSR count). The molecule has 218 valence electrons. The molecule has 0 spiro atoms. The smallest absolute Gasteiger partial charge is 0.196 e. The van der Waals surface area contributed by atoms with E-state index in [1.165, 1.54) is 24.1 Å². The molecular formula is C35H52F2O2. The quantitative estimate of drug-likeness (QED) is 0.326. The lowest BCUT2D eigenvalue weighted by atomic mass is 9.47. The zero-order chi connectivity index (χ0) is 28.3. The van der Waals surface area contributed by atoms with E-state index in [2.05, 4.69) is 40.7 Å². The fourth-order valence-electron chi connectivity index (χ4n) is 10.4. The number of hydrogen-bond donors (Lipinski definition) is 1. The van der Waals surface area contributed by atoms with Crippen LogP contribution in [-0.2, 0) is 4.79 Å². The van der Waals surface area contributed by atoms with Crippen LogP contribution in [0.4, 0.5) is 8.78 Å². The van der Waals surface area contributed by atoms with Crippen molar-refractivity contribution in [2.75, 3.05) is 0 Å². The summed E-state index contributed by atoms with van der Waals surface area (Å²) in [5, 5.41) is 10.4. The number of fused-ring (bicyclic) bond motifs is 5. The zero-order valence-electron chi connectivity index (χ0n) is 25.2. The molecule has 0 bridgehead atoms. The van der Waals surface area contributed by atoms with Crippen LogP contribution < -0.4 is 0 Å². The van der Waals surface area contributed by atoms with Crippen molar-refractivity contribution in [1.29, 1.82) is 0 Å². The maximum absolute atomic E-state index is 16.6. The van der Waals surface area contributed by atoms with E-state index < -0.39 is 17.4 Å². The molecule has 5 aliphatic carbocycles. The van der Waals surface area contributed by atoms with E-state index >= 15 is 4.39 Å². The van der Waals surface area contributed by atoms with E-state index in [0.29, 0.717) is 29.6 Å². The maximum atomic E-state index is 16.6. The molecule has 0 radical (unpaired) electrons. The molecule has 3 saturated carbocycles. The Morgan fingerprint density at radius 2 is 1.87 bits per heavy atom. The standard InChI is InChI=1S/C35H52F2O2/c1-21(2)8-7-9-22(3)31-28(32(39)35(37)20-25(36)12-10-23(35)4)19-30-27-13-11-24-18-26(38)14-16-33(24,5)29(27)15-17-34(30,31)6/h10-12,20-23,26-31,38H,7-9,13-19H2,1-6H3/t22-,23?,26+,27-,28?,29+,30+,31+,33+,34+,35?/m1/s1. The predicted molar refractivity (Wildman–Crippen MR) is 154 cm³/mol. The van der Waals surface area contributed by atoms with Crippen molar-refractivity contribution in [2.24, 2.45) is 58.2 Å². The SMILES string of the molecule is CC(C)CCC[C@@H](C)[C@H]1C(C(=O)C2(F)C=C(F)C=CC2C)C[C@H]2[C@@H]3CC=C4C[C@@H](O)CC[C@]4(C)[C@H]3CC[C@]12C. The van der Waals surface area contributed by atoms with Gasteiger partial charge in [0.15, 0.2) is 11.5 Å². The highest BCUT2D eigenvalue weighted by atomic mass is 19.1. The first-order valence-corrected chi connectivity index (χ1v) is 16.0. The lowest BCUT2D eigenvalue weighted by molar-refractivity contribution is -0.136. The number of carbonyl (C=O) groups excluding carboxylic acids is 1. The van der Waals surface area contributed by atoms with E-state index in [4.69, 9.17) is 0 Å². The van der Waals surface area contributed by atoms with Gasteiger partial charge < -0.3 is 5.11 Å². The van der Waals surface area contributed by atoms with Gasteiger partial charge in [0.25, 0.3) is 0 Å². The first-order chi connectivity index (χ1) is 18.3. The molecule has 0 aliphatic heterocycles. The molecule has 4 heteroatoms. The van der Waals surface area contributed by atoms with Crippen molar-refractivity contribution in [3.05, 3.63) is 35.7 Å². The number of aliphatic hydroxyl groups excluding tert-OH is 1. The van der Waals surface area contributed by atoms with Crippen LogP contribution in [0.5, 0.6) is 0 Å². The van der Waals surface area contributed by atoms with Crippen molar-refractivity contribution >= 4 is 5.78 Å². The summed E-state index contributed by atoms with van der Waals surface area (Å²) in [7, 11) is 0. The van der Waals surface area contributed by atoms with Crippen LogP contribution in [-0.4, -0.2) is 22.7 Å². The Morgan fingerprint density at radius 1 is 1.13 bits per heavy atom. The number of carbonyl (C=O) groups is 1. The Labute approximate surface area is 235 Å². The number of halogens is 2. The zero-order valence-corrected chi connectivity index (χ0v) is 25.2. The van der Waals surface area contributed by atoms with Gasteiger partial charge in [-0.3, -0.25) is 4.79 Å². The fourth-order valence-corrected chi connectivity index (χ4v) is 10.4. The summed E-state index contributed by atoms with van der Waals surface area (Å²) in [6, 6.07) is 0. The number of alkyl halides is 1. The minimum atomic E-state index is -2.27. The molecular weight excluding hydrogens is 490 g/mol. The van der Waals surface area contributed by atoms with Crippen LogP contribution in [0, 0.1) is 58.2 Å². The average Bonchev–Trinajstić information content (AvgIpc) is 3.19. The van der Waals surface area contributed by atoms with E-state index in [-0.39, 0.29) is 34.6 Å². The minimum Gasteiger partial charge on any atom is -0.393 e. The van der Waals surface area contributed by atoms with Crippen molar-refractivity contribution in [3.8, 4) is 0 Å². The lowest BCUT2D eigenvalue weighted by Gasteiger charge is -2.58. The average molecular weight is 543 g/mol. The van der Waals surface area contributed by atoms with Crippen molar-refractivity contribution in [2.45, 2.75) is 118 Å². The van der Waals surface area contributed by atoms with Crippen LogP contribution in [0.2, 0.25) is 0 Å². The van der Waals surface area contributed by atoms with Crippen LogP contribution in [0.25, 0.3) is 0 Å². The highest BCUT2D eigenvalue weighted by Crippen LogP contribution is 2.69. The molecule has 2 nitrogen and oxygen atoms in total. The molecule has 3 unspecified atom stereocenters. The fraction of sp³-hybridized carbons (Fsp3) is 0.800. The van der Waals surface area contributed by atoms with Gasteiger partial charge in [-0.2, -0.15) is 0 Å². The number of Topliss-reactive ketones (excluding diaryl/α,β-unsaturated/α-hetero) is 1. The van der Waals surface area contributed by atoms with Gasteiger partial charge in [0.2, 0.25) is 0 Å². The predicted octanol–water partition coefficient (Wildman–Crippen LogP) is 8.95. The minimum absolute atomic E-state index is 0.0129. The second-order valence-corrected chi connectivity index (χ2v) is 15.2. The summed E-state index contributed by atoms with van der Waals surface area (Å²) < 4.78 is 30.9. The van der Waals surface area contributed by atoms with Crippen molar-refractivity contribution in [3.63, 3.8) is 0 Å². The van der Waals surface area contributed by atoms with E-state index in [9.17, 15) is 14.3 Å². The Kier molecular flexibility index (Phi) is 7.88. The summed E-state index contributed by atoms with van der Waals surface area (Å²) in [6.45, 7) is 13.4. The topological polar surface area (TPSA) is 37.3 Å². The number of rotatable bonds is 7. The molecule has 0 aromatic rings. The first kappa shape index (κ1) is 29.2. The monoisotopic (exact) mass is 542 g/mol. The third kappa shape index (κ3) is 4.83. The van der Waals surface area contributed by atoms with Gasteiger partial charge in [-0.1, -0.05) is 78.5 Å². The largest absolute Gasteiger partial charge is 0.393 e. The van der Waals surface area contributed by atoms with Gasteiger partial charge in [0.1, 0.15) is 5.83 Å². The molecule has 0 aromatic heterocycles. The molecule has 11 atom stereocenters. The summed E-state index contributed by atoms with van der Waals surface area (Å²) in [5.41, 5.74) is -0.712. The molecule has 0 amide bonds. The number of ketones is 1. The third-order valence-corrected chi connectivity index (χ3v) is 12.5. The number of aliphatic hydroxyl groups is 1. The van der Waals surface area contributed by atoms with Crippen LogP contribution in [0.1, 0.15) is 106 Å². The van der Waals surface area contributed by atoms with Crippen LogP contribution in [0.3, 0.4) is 0 Å². The molecule has 0 saturated heterocycles. The molecule has 3 fully saturated rings. The maximum Gasteiger partial charge on any atom is 0.196 e. The molecule has 5 aliphatic rings. The van der Waals surface area contributed by atoms with E-state index in [0.717, 1.165) is 63.9 Å². The van der Waals surface area contributed by atoms with Gasteiger partial charge in [-0.25, -0.2) is 8.78 Å². The number of hydrogen-bond acceptors (Lipinski definition) is 2. The Bertz CT molecular complexity index is 1040. The Hall–Kier alpha value is -1.29. The van der Waals surface area contributed by atoms with Gasteiger partial charge >= 0.3 is 0 Å². The summed E-state index contributed by atoms with van der Waals surface area (Å²) in [4.78, 5) is 14.3. The van der Waals surface area contributed by atoms with E-state index in [1.54, 1.807) is 6.92 Å². The molecule has 0 aromatic carbocycles. The van der Waals surface area contributed by atoms with Gasteiger partial charge in [0.05, 0.1) is 6.10 Å². The lowest BCUT2D eigenvalue weighted by Crippen LogP contribution is -2.51. The van der Waals surface area contributed by atoms with Crippen LogP contribution in [0.15, 0.2) is 35.7 Å². The normalized spacial score (nSPS) is 46.2.